The van der Waals surface area contributed by atoms with Crippen molar-refractivity contribution in [3.05, 3.63) is 29.8 Å². The third-order valence-corrected chi connectivity index (χ3v) is 2.90. The molecule has 0 saturated heterocycles. The Bertz CT molecular complexity index is 526. The summed E-state index contributed by atoms with van der Waals surface area (Å²) in [5, 5.41) is 0.945. The SMILES string of the molecule is CC(C)Cn1cc(C(C)C)c2cc(F)cnc21. The number of nitrogens with zero attached hydrogens (tertiary/aromatic N) is 2. The topological polar surface area (TPSA) is 17.8 Å². The van der Waals surface area contributed by atoms with E-state index in [-0.39, 0.29) is 5.82 Å². The molecule has 2 nitrogen and oxygen atoms in total. The molecule has 0 bridgehead atoms. The van der Waals surface area contributed by atoms with Gasteiger partial charge in [0.2, 0.25) is 0 Å². The predicted octanol–water partition coefficient (Wildman–Crippen LogP) is 3.95. The Balaban J connectivity index is 2.62. The van der Waals surface area contributed by atoms with E-state index in [4.69, 9.17) is 0 Å². The van der Waals surface area contributed by atoms with Gasteiger partial charge in [0.25, 0.3) is 0 Å². The molecule has 0 spiro atoms. The minimum Gasteiger partial charge on any atom is -0.332 e. The van der Waals surface area contributed by atoms with Gasteiger partial charge in [-0.2, -0.15) is 0 Å². The third-order valence-electron chi connectivity index (χ3n) is 2.90. The quantitative estimate of drug-likeness (QED) is 0.786. The van der Waals surface area contributed by atoms with Gasteiger partial charge >= 0.3 is 0 Å². The molecule has 0 fully saturated rings. The first-order valence-electron chi connectivity index (χ1n) is 6.13. The lowest BCUT2D eigenvalue weighted by molar-refractivity contribution is 0.531. The molecule has 3 heteroatoms. The summed E-state index contributed by atoms with van der Waals surface area (Å²) in [4.78, 5) is 4.22. The Labute approximate surface area is 101 Å². The Kier molecular flexibility index (Phi) is 3.18. The fraction of sp³-hybridized carbons (Fsp3) is 0.500. The summed E-state index contributed by atoms with van der Waals surface area (Å²) in [6.45, 7) is 9.51. The maximum Gasteiger partial charge on any atom is 0.142 e. The summed E-state index contributed by atoms with van der Waals surface area (Å²) < 4.78 is 15.4. The van der Waals surface area contributed by atoms with Crippen LogP contribution in [0.25, 0.3) is 11.0 Å². The fourth-order valence-corrected chi connectivity index (χ4v) is 2.16. The Morgan fingerprint density at radius 1 is 1.29 bits per heavy atom. The minimum atomic E-state index is -0.262. The van der Waals surface area contributed by atoms with E-state index in [1.54, 1.807) is 6.07 Å². The van der Waals surface area contributed by atoms with Gasteiger partial charge in [0.05, 0.1) is 6.20 Å². The van der Waals surface area contributed by atoms with E-state index in [0.717, 1.165) is 17.6 Å². The molecule has 0 radical (unpaired) electrons. The van der Waals surface area contributed by atoms with Crippen molar-refractivity contribution in [2.24, 2.45) is 5.92 Å². The van der Waals surface area contributed by atoms with Crippen molar-refractivity contribution in [2.75, 3.05) is 0 Å². The molecule has 2 heterocycles. The average molecular weight is 234 g/mol. The van der Waals surface area contributed by atoms with Crippen molar-refractivity contribution in [1.29, 1.82) is 0 Å². The zero-order valence-electron chi connectivity index (χ0n) is 10.9. The van der Waals surface area contributed by atoms with E-state index < -0.39 is 0 Å². The van der Waals surface area contributed by atoms with Crippen molar-refractivity contribution in [1.82, 2.24) is 9.55 Å². The molecule has 0 aromatic carbocycles. The summed E-state index contributed by atoms with van der Waals surface area (Å²) in [5.74, 6) is 0.675. The lowest BCUT2D eigenvalue weighted by Gasteiger charge is -2.07. The molecule has 0 saturated carbocycles. The van der Waals surface area contributed by atoms with Gasteiger partial charge < -0.3 is 4.57 Å². The van der Waals surface area contributed by atoms with Crippen LogP contribution in [0.3, 0.4) is 0 Å². The van der Waals surface area contributed by atoms with Crippen LogP contribution in [0.4, 0.5) is 4.39 Å². The average Bonchev–Trinajstić information content (AvgIpc) is 2.55. The van der Waals surface area contributed by atoms with Crippen LogP contribution >= 0.6 is 0 Å². The molecular formula is C14H19FN2. The second-order valence-corrected chi connectivity index (χ2v) is 5.31. The zero-order valence-corrected chi connectivity index (χ0v) is 10.9. The van der Waals surface area contributed by atoms with Crippen molar-refractivity contribution in [2.45, 2.75) is 40.2 Å². The van der Waals surface area contributed by atoms with E-state index in [0.29, 0.717) is 11.8 Å². The van der Waals surface area contributed by atoms with Crippen molar-refractivity contribution in [3.63, 3.8) is 0 Å². The molecule has 0 unspecified atom stereocenters. The van der Waals surface area contributed by atoms with Gasteiger partial charge in [-0.05, 0) is 23.5 Å². The van der Waals surface area contributed by atoms with Gasteiger partial charge in [-0.25, -0.2) is 9.37 Å². The van der Waals surface area contributed by atoms with Crippen LogP contribution in [0, 0.1) is 11.7 Å². The largest absolute Gasteiger partial charge is 0.332 e. The summed E-state index contributed by atoms with van der Waals surface area (Å²) >= 11 is 0. The van der Waals surface area contributed by atoms with Gasteiger partial charge in [0.1, 0.15) is 11.5 Å². The number of pyridine rings is 1. The van der Waals surface area contributed by atoms with Gasteiger partial charge in [0, 0.05) is 18.1 Å². The Hall–Kier alpha value is -1.38. The number of hydrogen-bond acceptors (Lipinski definition) is 1. The highest BCUT2D eigenvalue weighted by atomic mass is 19.1. The fourth-order valence-electron chi connectivity index (χ4n) is 2.16. The first-order valence-corrected chi connectivity index (χ1v) is 6.13. The predicted molar refractivity (Wildman–Crippen MR) is 68.6 cm³/mol. The number of rotatable bonds is 3. The molecule has 0 amide bonds. The highest BCUT2D eigenvalue weighted by molar-refractivity contribution is 5.81. The van der Waals surface area contributed by atoms with E-state index >= 15 is 0 Å². The molecule has 2 rings (SSSR count). The van der Waals surface area contributed by atoms with E-state index in [9.17, 15) is 4.39 Å². The van der Waals surface area contributed by atoms with Crippen LogP contribution in [0.15, 0.2) is 18.5 Å². The van der Waals surface area contributed by atoms with Gasteiger partial charge in [-0.15, -0.1) is 0 Å². The van der Waals surface area contributed by atoms with Gasteiger partial charge in [-0.3, -0.25) is 0 Å². The maximum absolute atomic E-state index is 13.3. The van der Waals surface area contributed by atoms with Crippen LogP contribution in [-0.4, -0.2) is 9.55 Å². The minimum absolute atomic E-state index is 0.262. The number of aromatic nitrogens is 2. The Morgan fingerprint density at radius 3 is 2.59 bits per heavy atom. The standard InChI is InChI=1S/C14H19FN2/c1-9(2)7-17-8-13(10(3)4)12-5-11(15)6-16-14(12)17/h5-6,8-10H,7H2,1-4H3. The van der Waals surface area contributed by atoms with Crippen LogP contribution in [-0.2, 0) is 6.54 Å². The highest BCUT2D eigenvalue weighted by Gasteiger charge is 2.13. The number of halogens is 1. The van der Waals surface area contributed by atoms with E-state index in [1.807, 2.05) is 0 Å². The molecular weight excluding hydrogens is 215 g/mol. The second kappa shape index (κ2) is 4.47. The monoisotopic (exact) mass is 234 g/mol. The van der Waals surface area contributed by atoms with Crippen LogP contribution < -0.4 is 0 Å². The van der Waals surface area contributed by atoms with Crippen molar-refractivity contribution >= 4 is 11.0 Å². The molecule has 2 aromatic rings. The lowest BCUT2D eigenvalue weighted by Crippen LogP contribution is -2.03. The number of fused-ring (bicyclic) bond motifs is 1. The molecule has 92 valence electrons. The molecule has 0 aliphatic heterocycles. The molecule has 2 aromatic heterocycles. The molecule has 0 N–H and O–H groups in total. The summed E-state index contributed by atoms with van der Waals surface area (Å²) in [6.07, 6.45) is 3.41. The third kappa shape index (κ3) is 2.33. The number of hydrogen-bond donors (Lipinski definition) is 0. The first kappa shape index (κ1) is 12.1. The first-order chi connectivity index (χ1) is 7.99. The van der Waals surface area contributed by atoms with Gasteiger partial charge in [-0.1, -0.05) is 27.7 Å². The van der Waals surface area contributed by atoms with Crippen LogP contribution in [0.1, 0.15) is 39.2 Å². The van der Waals surface area contributed by atoms with E-state index in [1.165, 1.54) is 11.8 Å². The molecule has 0 aliphatic carbocycles. The zero-order chi connectivity index (χ0) is 12.6. The lowest BCUT2D eigenvalue weighted by atomic mass is 10.0. The van der Waals surface area contributed by atoms with E-state index in [2.05, 4.69) is 43.4 Å². The molecule has 17 heavy (non-hydrogen) atoms. The smallest absolute Gasteiger partial charge is 0.142 e. The Morgan fingerprint density at radius 2 is 2.00 bits per heavy atom. The second-order valence-electron chi connectivity index (χ2n) is 5.31. The van der Waals surface area contributed by atoms with Gasteiger partial charge in [0.15, 0.2) is 0 Å². The highest BCUT2D eigenvalue weighted by Crippen LogP contribution is 2.27. The maximum atomic E-state index is 13.3. The summed E-state index contributed by atoms with van der Waals surface area (Å²) in [7, 11) is 0. The summed E-state index contributed by atoms with van der Waals surface area (Å²) in [5.41, 5.74) is 2.07. The molecule has 0 aliphatic rings. The van der Waals surface area contributed by atoms with Crippen molar-refractivity contribution in [3.8, 4) is 0 Å². The van der Waals surface area contributed by atoms with Crippen molar-refractivity contribution < 1.29 is 4.39 Å². The summed E-state index contributed by atoms with van der Waals surface area (Å²) in [6, 6.07) is 1.59. The van der Waals surface area contributed by atoms with Crippen LogP contribution in [0.2, 0.25) is 0 Å². The van der Waals surface area contributed by atoms with Crippen LogP contribution in [0.5, 0.6) is 0 Å². The normalized spacial score (nSPS) is 11.9. The molecule has 0 atom stereocenters.